The number of benzene rings is 7. The number of halogens is 3. The largest absolute Gasteiger partial charge is 0.573 e. The zero-order chi connectivity index (χ0) is 100. The van der Waals surface area contributed by atoms with Crippen LogP contribution in [0.2, 0.25) is 0 Å². The number of aryl methyl sites for hydroxylation is 1. The fourth-order valence-electron chi connectivity index (χ4n) is 16.9. The Morgan fingerprint density at radius 1 is 0.384 bits per heavy atom. The Hall–Kier alpha value is -19.4. The number of pyridine rings is 5. The van der Waals surface area contributed by atoms with Crippen molar-refractivity contribution in [3.63, 3.8) is 0 Å². The van der Waals surface area contributed by atoms with Gasteiger partial charge in [0.2, 0.25) is 0 Å². The Balaban J connectivity index is 0.000000108. The smallest absolute Gasteiger partial charge is 0.486 e. The molecule has 2 aliphatic rings. The van der Waals surface area contributed by atoms with Gasteiger partial charge in [0.15, 0.2) is 23.0 Å². The molecule has 7 N–H and O–H groups in total. The van der Waals surface area contributed by atoms with E-state index in [0.717, 1.165) is 193 Å². The molecule has 7 aromatic carbocycles. The third kappa shape index (κ3) is 19.8. The van der Waals surface area contributed by atoms with Gasteiger partial charge in [0.25, 0.3) is 15.9 Å². The fraction of sp³-hybridized carbons (Fsp3) is 0.0909. The lowest BCUT2D eigenvalue weighted by atomic mass is 10.0. The van der Waals surface area contributed by atoms with Crippen LogP contribution in [0.4, 0.5) is 24.5 Å². The van der Waals surface area contributed by atoms with Crippen molar-refractivity contribution in [2.24, 2.45) is 7.05 Å². The third-order valence-electron chi connectivity index (χ3n) is 24.5. The predicted molar refractivity (Wildman–Crippen MR) is 552 cm³/mol. The maximum absolute atomic E-state index is 12.9. The van der Waals surface area contributed by atoms with Crippen molar-refractivity contribution in [2.45, 2.75) is 11.3 Å². The van der Waals surface area contributed by atoms with E-state index in [2.05, 4.69) is 179 Å². The van der Waals surface area contributed by atoms with E-state index in [1.807, 2.05) is 182 Å². The first kappa shape index (κ1) is 92.9. The Morgan fingerprint density at radius 3 is 1.16 bits per heavy atom. The number of hydrogen-bond donors (Lipinski definition) is 7. The average Bonchev–Trinajstić information content (AvgIpc) is 1.61. The van der Waals surface area contributed by atoms with Crippen LogP contribution in [0, 0.1) is 11.8 Å². The molecular formula is C110H86F3N23O9S. The molecule has 0 saturated carbocycles. The number of nitrogens with zero attached hydrogens (tertiary/aromatic N) is 16. The number of aromatic amines is 7. The van der Waals surface area contributed by atoms with Gasteiger partial charge in [0.05, 0.1) is 42.1 Å². The number of rotatable bonds is 16. The fourth-order valence-corrected chi connectivity index (χ4v) is 18.1. The summed E-state index contributed by atoms with van der Waals surface area (Å²) >= 11 is 0. The van der Waals surface area contributed by atoms with Gasteiger partial charge in [-0.3, -0.25) is 19.8 Å². The molecule has 0 aliphatic carbocycles. The molecule has 16 aromatic heterocycles. The molecular weight excluding hydrogens is 1880 g/mol. The summed E-state index contributed by atoms with van der Waals surface area (Å²) in [7, 11) is 6.17. The van der Waals surface area contributed by atoms with Gasteiger partial charge in [-0.05, 0) is 155 Å². The quantitative estimate of drug-likeness (QED) is 0.0442. The van der Waals surface area contributed by atoms with Crippen molar-refractivity contribution in [2.75, 3.05) is 64.4 Å². The number of anilines is 2. The van der Waals surface area contributed by atoms with Crippen LogP contribution in [0.3, 0.4) is 0 Å². The van der Waals surface area contributed by atoms with Crippen LogP contribution in [-0.4, -0.2) is 185 Å². The summed E-state index contributed by atoms with van der Waals surface area (Å²) in [6.07, 6.45) is 32.6. The number of H-pyrrole nitrogens is 7. The second-order valence-corrected chi connectivity index (χ2v) is 36.1. The highest BCUT2D eigenvalue weighted by atomic mass is 32.2. The maximum Gasteiger partial charge on any atom is 0.573 e. The zero-order valence-corrected chi connectivity index (χ0v) is 79.3. The average molecular weight is 1960 g/mol. The predicted octanol–water partition coefficient (Wildman–Crippen LogP) is 21.0. The molecule has 25 rings (SSSR count). The summed E-state index contributed by atoms with van der Waals surface area (Å²) in [5.74, 6) is 7.72. The van der Waals surface area contributed by atoms with E-state index in [4.69, 9.17) is 18.9 Å². The van der Waals surface area contributed by atoms with Gasteiger partial charge in [-0.2, -0.15) is 42.7 Å². The molecule has 2 aliphatic heterocycles. The number of alkyl halides is 3. The second kappa shape index (κ2) is 40.0. The minimum atomic E-state index is -4.70. The van der Waals surface area contributed by atoms with Crippen molar-refractivity contribution < 1.29 is 54.9 Å². The molecule has 0 fully saturated rings. The lowest BCUT2D eigenvalue weighted by Crippen LogP contribution is -2.16. The van der Waals surface area contributed by atoms with Crippen molar-refractivity contribution in [3.05, 3.63) is 354 Å². The molecule has 146 heavy (non-hydrogen) atoms. The Kier molecular flexibility index (Phi) is 25.5. The number of carbonyl (C=O) groups is 2. The molecule has 0 radical (unpaired) electrons. The van der Waals surface area contributed by atoms with Crippen LogP contribution in [0.25, 0.3) is 166 Å². The summed E-state index contributed by atoms with van der Waals surface area (Å²) in [5.41, 5.74) is 26.2. The number of carbonyl (C=O) groups excluding carboxylic acids is 2. The third-order valence-corrected chi connectivity index (χ3v) is 26.1. The summed E-state index contributed by atoms with van der Waals surface area (Å²) in [6, 6.07) is 65.8. The van der Waals surface area contributed by atoms with Gasteiger partial charge in [-0.1, -0.05) is 90.8 Å². The zero-order valence-electron chi connectivity index (χ0n) is 78.5. The minimum absolute atomic E-state index is 0.168. The standard InChI is InChI=1S/C27H21N5O.C24H22N6O.C24H18N4O4S.C18H14N4O2.C17H11F3N4O/c1-31(2)23-11-9-20(10-12-23)21-14-24-25(17-29-27(24)28-15-21)22-16-30-32(18-22)26(33)13-8-19-6-4-3-5-7-19;1-28(2)19-8-6-16(7-9-19)17-11-20-21(14-26-23(20)25-12-17)18-13-27-30(15-18)24(31)22-5-4-10-29(22)3;29-33(30,19-4-2-1-3-5-19)28-15-18(13-27-28)21-14-26-24-20(21)10-17(12-25-24)16-6-7-22-23(11-16)32-9-8-31-22;1-2-16-17(24-4-3-23-16)6-11(1)12-5-14-15(13-8-21-22-9-13)10-20-18(14)19-7-12;18-17(19,20)25-13-3-1-10(2-4-13)11-5-14-15(12-7-23-24-8-12)9-22-16(14)21-6-11/h3-7,9-12,14-18H,1-2H3,(H,28,29);4-15H,1-3H3,(H,25,26);1-7,10-15H,8-9H2,(H,25,26);1-2,5-10H,3-4H2,(H,19,20)(H,21,22);1-9H,(H,21,22)(H,23,24). The maximum atomic E-state index is 12.9. The molecule has 0 amide bonds. The molecule has 18 heterocycles. The van der Waals surface area contributed by atoms with Crippen molar-refractivity contribution in [1.29, 1.82) is 0 Å². The van der Waals surface area contributed by atoms with Gasteiger partial charge in [0, 0.05) is 261 Å². The van der Waals surface area contributed by atoms with Crippen LogP contribution < -0.4 is 33.5 Å². The SMILES string of the molecule is CN(C)c1ccc(-c2cnc3[nH]cc(-c4cnn(C(=O)C#Cc5ccccc5)c4)c3c2)cc1.CN(C)c1ccc(-c2cnc3[nH]cc(-c4cnn(C(=O)c5cccn5C)c4)c3c2)cc1.FC(F)(F)Oc1ccc(-c2cnc3[nH]cc(-c4cn[nH]c4)c3c2)cc1.O=S(=O)(c1ccccc1)n1cc(-c2c[nH]c3ncc(-c4ccc5c(c4)OCCO5)cc23)cn1.c1cc2c(cc1-c1cnc3[nH]cc(-c4cn[nH]c4)c3c1)OCCO2. The van der Waals surface area contributed by atoms with Crippen LogP contribution in [0.15, 0.2) is 347 Å². The molecule has 0 saturated heterocycles. The second-order valence-electron chi connectivity index (χ2n) is 34.3. The molecule has 23 aromatic rings. The van der Waals surface area contributed by atoms with Crippen LogP contribution in [0.5, 0.6) is 28.7 Å². The van der Waals surface area contributed by atoms with Gasteiger partial charge in [-0.25, -0.2) is 29.6 Å². The Bertz CT molecular complexity index is 8880. The number of aromatic nitrogens is 21. The first-order chi connectivity index (χ1) is 71.1. The van der Waals surface area contributed by atoms with Crippen LogP contribution >= 0.6 is 0 Å². The molecule has 0 atom stereocenters. The summed E-state index contributed by atoms with van der Waals surface area (Å²) in [4.78, 5) is 68.1. The number of nitrogens with one attached hydrogen (secondary N) is 7. The number of fused-ring (bicyclic) bond motifs is 7. The van der Waals surface area contributed by atoms with Crippen molar-refractivity contribution >= 4 is 88.4 Å². The van der Waals surface area contributed by atoms with Gasteiger partial charge >= 0.3 is 12.3 Å². The van der Waals surface area contributed by atoms with Crippen LogP contribution in [0.1, 0.15) is 20.8 Å². The Morgan fingerprint density at radius 2 is 0.760 bits per heavy atom. The monoisotopic (exact) mass is 1960 g/mol. The summed E-state index contributed by atoms with van der Waals surface area (Å²) in [6.45, 7) is 2.24. The number of ether oxygens (including phenoxy) is 5. The highest BCUT2D eigenvalue weighted by molar-refractivity contribution is 7.89. The minimum Gasteiger partial charge on any atom is -0.486 e. The highest BCUT2D eigenvalue weighted by Crippen LogP contribution is 2.42. The number of hydrogen-bond acceptors (Lipinski definition) is 21. The van der Waals surface area contributed by atoms with E-state index < -0.39 is 16.4 Å². The molecule has 0 unspecified atom stereocenters. The van der Waals surface area contributed by atoms with Gasteiger partial charge < -0.3 is 63.0 Å². The lowest BCUT2D eigenvalue weighted by Gasteiger charge is -2.18. The molecule has 0 spiro atoms. The Labute approximate surface area is 830 Å². The first-order valence-corrected chi connectivity index (χ1v) is 47.3. The lowest BCUT2D eigenvalue weighted by molar-refractivity contribution is -0.274. The van der Waals surface area contributed by atoms with E-state index in [-0.39, 0.29) is 22.5 Å². The normalized spacial score (nSPS) is 12.0. The summed E-state index contributed by atoms with van der Waals surface area (Å²) < 4.78 is 94.4. The van der Waals surface area contributed by atoms with Gasteiger partial charge in [0.1, 0.15) is 66.1 Å². The van der Waals surface area contributed by atoms with E-state index in [1.54, 1.807) is 115 Å². The van der Waals surface area contributed by atoms with Crippen molar-refractivity contribution in [3.8, 4) is 152 Å². The topological polar surface area (TPSA) is 380 Å². The van der Waals surface area contributed by atoms with Crippen molar-refractivity contribution in [1.82, 2.24) is 104 Å². The summed E-state index contributed by atoms with van der Waals surface area (Å²) in [5, 5.41) is 31.0. The molecule has 36 heteroatoms. The van der Waals surface area contributed by atoms with E-state index in [9.17, 15) is 31.2 Å². The van der Waals surface area contributed by atoms with Gasteiger partial charge in [-0.15, -0.1) is 13.2 Å². The van der Waals surface area contributed by atoms with E-state index >= 15 is 0 Å². The molecule has 0 bridgehead atoms. The first-order valence-electron chi connectivity index (χ1n) is 45.9. The highest BCUT2D eigenvalue weighted by Gasteiger charge is 2.32. The van der Waals surface area contributed by atoms with Crippen LogP contribution in [-0.2, 0) is 17.1 Å². The molecule has 32 nitrogen and oxygen atoms in total. The molecule has 722 valence electrons. The van der Waals surface area contributed by atoms with E-state index in [1.165, 1.54) is 27.7 Å². The van der Waals surface area contributed by atoms with E-state index in [0.29, 0.717) is 49.1 Å².